The van der Waals surface area contributed by atoms with Crippen LogP contribution in [0.25, 0.3) is 0 Å². The maximum absolute atomic E-state index is 12.2. The van der Waals surface area contributed by atoms with Crippen LogP contribution in [0.5, 0.6) is 0 Å². The molecule has 2 aromatic carbocycles. The zero-order chi connectivity index (χ0) is 22.5. The number of aliphatic carboxylic acids is 1. The van der Waals surface area contributed by atoms with Crippen LogP contribution in [-0.4, -0.2) is 48.6 Å². The quantitative estimate of drug-likeness (QED) is 0.187. The largest absolute Gasteiger partial charge is 0.480 e. The summed E-state index contributed by atoms with van der Waals surface area (Å²) in [5.41, 5.74) is 12.9. The number of nitrogens with one attached hydrogen (secondary N) is 2. The molecule has 0 spiro atoms. The van der Waals surface area contributed by atoms with Crippen molar-refractivity contribution in [1.29, 1.82) is 0 Å². The number of carboxylic acid groups (broad SMARTS) is 1. The third-order valence-electron chi connectivity index (χ3n) is 4.88. The van der Waals surface area contributed by atoms with Gasteiger partial charge >= 0.3 is 5.97 Å². The van der Waals surface area contributed by atoms with E-state index in [4.69, 9.17) is 11.5 Å². The van der Waals surface area contributed by atoms with Crippen molar-refractivity contribution in [3.8, 4) is 0 Å². The van der Waals surface area contributed by atoms with E-state index in [1.54, 1.807) is 0 Å². The predicted octanol–water partition coefficient (Wildman–Crippen LogP) is 1.42. The molecule has 0 saturated carbocycles. The molecule has 8 nitrogen and oxygen atoms in total. The molecule has 7 N–H and O–H groups in total. The fraction of sp³-hybridized carbons (Fsp3) is 0.348. The summed E-state index contributed by atoms with van der Waals surface area (Å²) in [5, 5.41) is 15.0. The van der Waals surface area contributed by atoms with Gasteiger partial charge < -0.3 is 27.2 Å². The van der Waals surface area contributed by atoms with E-state index in [9.17, 15) is 14.7 Å². The molecule has 0 bridgehead atoms. The van der Waals surface area contributed by atoms with Gasteiger partial charge in [0.2, 0.25) is 5.91 Å². The zero-order valence-corrected chi connectivity index (χ0v) is 17.5. The van der Waals surface area contributed by atoms with E-state index in [0.29, 0.717) is 19.5 Å². The summed E-state index contributed by atoms with van der Waals surface area (Å²) in [7, 11) is 0. The van der Waals surface area contributed by atoms with Crippen LogP contribution in [0.3, 0.4) is 0 Å². The van der Waals surface area contributed by atoms with Crippen molar-refractivity contribution >= 4 is 17.8 Å². The number of amides is 1. The lowest BCUT2D eigenvalue weighted by atomic mass is 9.88. The molecule has 8 heteroatoms. The molecule has 2 aromatic rings. The number of guanidine groups is 1. The Morgan fingerprint density at radius 1 is 0.935 bits per heavy atom. The Morgan fingerprint density at radius 2 is 1.52 bits per heavy atom. The number of rotatable bonds is 13. The topological polar surface area (TPSA) is 143 Å². The van der Waals surface area contributed by atoms with Crippen molar-refractivity contribution in [1.82, 2.24) is 10.6 Å². The van der Waals surface area contributed by atoms with Gasteiger partial charge in [-0.2, -0.15) is 0 Å². The number of hydrogen-bond donors (Lipinski definition) is 5. The average Bonchev–Trinajstić information content (AvgIpc) is 2.76. The summed E-state index contributed by atoms with van der Waals surface area (Å²) in [4.78, 5) is 27.4. The highest BCUT2D eigenvalue weighted by Crippen LogP contribution is 2.27. The monoisotopic (exact) mass is 425 g/mol. The van der Waals surface area contributed by atoms with E-state index in [-0.39, 0.29) is 30.8 Å². The van der Waals surface area contributed by atoms with Gasteiger partial charge in [0, 0.05) is 12.5 Å². The normalized spacial score (nSPS) is 11.6. The Balaban J connectivity index is 1.81. The van der Waals surface area contributed by atoms with Crippen molar-refractivity contribution in [3.63, 3.8) is 0 Å². The number of carbonyl (C=O) groups is 2. The van der Waals surface area contributed by atoms with E-state index >= 15 is 0 Å². The highest BCUT2D eigenvalue weighted by molar-refractivity contribution is 5.84. The SMILES string of the molecule is NC(N)=NCCCC(NC(=O)CNCCC(c1ccccc1)c1ccccc1)C(=O)O. The number of carboxylic acids is 1. The molecule has 166 valence electrons. The number of benzene rings is 2. The molecule has 0 saturated heterocycles. The van der Waals surface area contributed by atoms with Crippen molar-refractivity contribution in [3.05, 3.63) is 71.8 Å². The van der Waals surface area contributed by atoms with E-state index in [1.807, 2.05) is 36.4 Å². The third kappa shape index (κ3) is 8.88. The van der Waals surface area contributed by atoms with Gasteiger partial charge in [0.25, 0.3) is 0 Å². The van der Waals surface area contributed by atoms with Gasteiger partial charge in [-0.3, -0.25) is 9.79 Å². The molecule has 0 fully saturated rings. The van der Waals surface area contributed by atoms with Crippen LogP contribution >= 0.6 is 0 Å². The minimum absolute atomic E-state index is 0.0376. The van der Waals surface area contributed by atoms with Gasteiger partial charge in [0.1, 0.15) is 6.04 Å². The average molecular weight is 426 g/mol. The summed E-state index contributed by atoms with van der Waals surface area (Å²) in [6.45, 7) is 0.985. The Labute approximate surface area is 182 Å². The fourth-order valence-electron chi connectivity index (χ4n) is 3.35. The first-order chi connectivity index (χ1) is 15.0. The summed E-state index contributed by atoms with van der Waals surface area (Å²) in [6, 6.07) is 19.5. The van der Waals surface area contributed by atoms with Crippen molar-refractivity contribution < 1.29 is 14.7 Å². The minimum atomic E-state index is -1.08. The second-order valence-corrected chi connectivity index (χ2v) is 7.25. The van der Waals surface area contributed by atoms with Crippen LogP contribution in [0, 0.1) is 0 Å². The van der Waals surface area contributed by atoms with Crippen LogP contribution < -0.4 is 22.1 Å². The van der Waals surface area contributed by atoms with Gasteiger partial charge in [0.05, 0.1) is 6.54 Å². The van der Waals surface area contributed by atoms with Crippen LogP contribution in [0.2, 0.25) is 0 Å². The molecule has 0 aromatic heterocycles. The number of aliphatic imine (C=N–C) groups is 1. The fourth-order valence-corrected chi connectivity index (χ4v) is 3.35. The molecule has 0 heterocycles. The molecular formula is C23H31N5O3. The smallest absolute Gasteiger partial charge is 0.326 e. The van der Waals surface area contributed by atoms with E-state index < -0.39 is 12.0 Å². The maximum Gasteiger partial charge on any atom is 0.326 e. The lowest BCUT2D eigenvalue weighted by Crippen LogP contribution is -2.44. The lowest BCUT2D eigenvalue weighted by Gasteiger charge is -2.19. The second kappa shape index (κ2) is 13.0. The standard InChI is InChI=1S/C23H31N5O3/c24-23(25)27-14-7-12-20(22(30)31)28-21(29)16-26-15-13-19(17-8-3-1-4-9-17)18-10-5-2-6-11-18/h1-6,8-11,19-20,26H,7,12-16H2,(H,28,29)(H,30,31)(H4,24,25,27). The summed E-state index contributed by atoms with van der Waals surface area (Å²) in [5.74, 6) is -1.26. The Hall–Kier alpha value is -3.39. The number of carbonyl (C=O) groups excluding carboxylic acids is 1. The number of nitrogens with zero attached hydrogens (tertiary/aromatic N) is 1. The van der Waals surface area contributed by atoms with Crippen LogP contribution in [-0.2, 0) is 9.59 Å². The number of hydrogen-bond acceptors (Lipinski definition) is 4. The van der Waals surface area contributed by atoms with Gasteiger partial charge in [-0.25, -0.2) is 4.79 Å². The lowest BCUT2D eigenvalue weighted by molar-refractivity contribution is -0.141. The Bertz CT molecular complexity index is 799. The molecule has 2 rings (SSSR count). The van der Waals surface area contributed by atoms with Gasteiger partial charge in [-0.1, -0.05) is 60.7 Å². The molecule has 1 unspecified atom stereocenters. The first-order valence-corrected chi connectivity index (χ1v) is 10.4. The molecule has 1 amide bonds. The molecule has 0 aliphatic heterocycles. The van der Waals surface area contributed by atoms with Crippen LogP contribution in [0.1, 0.15) is 36.3 Å². The Morgan fingerprint density at radius 3 is 2.03 bits per heavy atom. The highest BCUT2D eigenvalue weighted by atomic mass is 16.4. The summed E-state index contributed by atoms with van der Waals surface area (Å²) in [6.07, 6.45) is 1.52. The summed E-state index contributed by atoms with van der Waals surface area (Å²) >= 11 is 0. The minimum Gasteiger partial charge on any atom is -0.480 e. The molecule has 0 aliphatic carbocycles. The van der Waals surface area contributed by atoms with E-state index in [0.717, 1.165) is 6.42 Å². The van der Waals surface area contributed by atoms with Gasteiger partial charge in [0.15, 0.2) is 5.96 Å². The van der Waals surface area contributed by atoms with E-state index in [2.05, 4.69) is 39.9 Å². The molecular weight excluding hydrogens is 394 g/mol. The first kappa shape index (κ1) is 23.9. The molecule has 0 radical (unpaired) electrons. The molecule has 1 atom stereocenters. The van der Waals surface area contributed by atoms with Gasteiger partial charge in [-0.15, -0.1) is 0 Å². The Kier molecular flexibility index (Phi) is 10.0. The van der Waals surface area contributed by atoms with Crippen molar-refractivity contribution in [2.75, 3.05) is 19.6 Å². The zero-order valence-electron chi connectivity index (χ0n) is 17.5. The van der Waals surface area contributed by atoms with Crippen molar-refractivity contribution in [2.24, 2.45) is 16.5 Å². The predicted molar refractivity (Wildman–Crippen MR) is 122 cm³/mol. The second-order valence-electron chi connectivity index (χ2n) is 7.25. The highest BCUT2D eigenvalue weighted by Gasteiger charge is 2.19. The maximum atomic E-state index is 12.2. The van der Waals surface area contributed by atoms with E-state index in [1.165, 1.54) is 11.1 Å². The molecule has 31 heavy (non-hydrogen) atoms. The number of nitrogens with two attached hydrogens (primary N) is 2. The van der Waals surface area contributed by atoms with Crippen LogP contribution in [0.4, 0.5) is 0 Å². The third-order valence-corrected chi connectivity index (χ3v) is 4.88. The molecule has 0 aliphatic rings. The van der Waals surface area contributed by atoms with Gasteiger partial charge in [-0.05, 0) is 36.9 Å². The van der Waals surface area contributed by atoms with Crippen LogP contribution in [0.15, 0.2) is 65.7 Å². The van der Waals surface area contributed by atoms with Crippen molar-refractivity contribution in [2.45, 2.75) is 31.2 Å². The first-order valence-electron chi connectivity index (χ1n) is 10.4. The summed E-state index contributed by atoms with van der Waals surface area (Å²) < 4.78 is 0.